The molecular formula is C11H8BrCl. The van der Waals surface area contributed by atoms with Gasteiger partial charge in [-0.25, -0.2) is 0 Å². The summed E-state index contributed by atoms with van der Waals surface area (Å²) >= 11 is 9.19. The van der Waals surface area contributed by atoms with Crippen molar-refractivity contribution < 1.29 is 0 Å². The van der Waals surface area contributed by atoms with Gasteiger partial charge < -0.3 is 0 Å². The number of halogens is 2. The fourth-order valence-electron chi connectivity index (χ4n) is 1.35. The minimum absolute atomic E-state index is 0.575. The van der Waals surface area contributed by atoms with E-state index in [1.165, 1.54) is 10.8 Å². The van der Waals surface area contributed by atoms with Gasteiger partial charge in [0.15, 0.2) is 0 Å². The molecule has 66 valence electrons. The molecule has 0 spiro atoms. The molecule has 0 aliphatic carbocycles. The van der Waals surface area contributed by atoms with E-state index in [0.717, 1.165) is 10.0 Å². The van der Waals surface area contributed by atoms with Gasteiger partial charge in [0, 0.05) is 10.4 Å². The Labute approximate surface area is 90.6 Å². The van der Waals surface area contributed by atoms with Gasteiger partial charge in [-0.3, -0.25) is 0 Å². The highest BCUT2D eigenvalue weighted by atomic mass is 79.9. The fourth-order valence-corrected chi connectivity index (χ4v) is 1.89. The van der Waals surface area contributed by atoms with Crippen molar-refractivity contribution in [1.29, 1.82) is 0 Å². The third-order valence-electron chi connectivity index (χ3n) is 2.02. The lowest BCUT2D eigenvalue weighted by atomic mass is 10.1. The predicted octanol–water partition coefficient (Wildman–Crippen LogP) is 4.34. The second-order valence-electron chi connectivity index (χ2n) is 2.96. The molecular weight excluding hydrogens is 247 g/mol. The van der Waals surface area contributed by atoms with Gasteiger partial charge in [-0.1, -0.05) is 34.1 Å². The normalized spacial score (nSPS) is 10.6. The van der Waals surface area contributed by atoms with E-state index in [0.29, 0.717) is 5.88 Å². The third kappa shape index (κ3) is 1.87. The second kappa shape index (κ2) is 3.69. The van der Waals surface area contributed by atoms with Gasteiger partial charge in [0.25, 0.3) is 0 Å². The van der Waals surface area contributed by atoms with Gasteiger partial charge in [0.05, 0.1) is 0 Å². The maximum absolute atomic E-state index is 5.75. The van der Waals surface area contributed by atoms with Gasteiger partial charge in [0.2, 0.25) is 0 Å². The first-order valence-electron chi connectivity index (χ1n) is 4.04. The monoisotopic (exact) mass is 254 g/mol. The van der Waals surface area contributed by atoms with Crippen molar-refractivity contribution in [2.45, 2.75) is 5.88 Å². The first kappa shape index (κ1) is 9.04. The Kier molecular flexibility index (Phi) is 2.56. The van der Waals surface area contributed by atoms with E-state index < -0.39 is 0 Å². The second-order valence-corrected chi connectivity index (χ2v) is 4.14. The Morgan fingerprint density at radius 1 is 1.00 bits per heavy atom. The summed E-state index contributed by atoms with van der Waals surface area (Å²) in [5.41, 5.74) is 1.16. The molecule has 0 radical (unpaired) electrons. The Hall–Kier alpha value is -0.530. The Morgan fingerprint density at radius 2 is 1.69 bits per heavy atom. The van der Waals surface area contributed by atoms with Crippen LogP contribution in [0, 0.1) is 0 Å². The van der Waals surface area contributed by atoms with Crippen molar-refractivity contribution in [3.05, 3.63) is 46.4 Å². The van der Waals surface area contributed by atoms with Crippen LogP contribution >= 0.6 is 27.5 Å². The van der Waals surface area contributed by atoms with Crippen molar-refractivity contribution in [3.63, 3.8) is 0 Å². The number of fused-ring (bicyclic) bond motifs is 1. The molecule has 0 saturated carbocycles. The van der Waals surface area contributed by atoms with Crippen LogP contribution in [0.15, 0.2) is 40.9 Å². The van der Waals surface area contributed by atoms with Gasteiger partial charge in [-0.05, 0) is 34.5 Å². The first-order valence-corrected chi connectivity index (χ1v) is 5.36. The molecule has 0 saturated heterocycles. The number of rotatable bonds is 1. The van der Waals surface area contributed by atoms with Crippen LogP contribution in [-0.4, -0.2) is 0 Å². The molecule has 0 aromatic heterocycles. The maximum atomic E-state index is 5.75. The number of hydrogen-bond acceptors (Lipinski definition) is 0. The summed E-state index contributed by atoms with van der Waals surface area (Å²) in [4.78, 5) is 0. The van der Waals surface area contributed by atoms with E-state index in [1.807, 2.05) is 6.07 Å². The summed E-state index contributed by atoms with van der Waals surface area (Å²) < 4.78 is 1.11. The highest BCUT2D eigenvalue weighted by Gasteiger charge is 1.95. The molecule has 2 rings (SSSR count). The summed E-state index contributed by atoms with van der Waals surface area (Å²) in [6.45, 7) is 0. The number of hydrogen-bond donors (Lipinski definition) is 0. The zero-order valence-electron chi connectivity index (χ0n) is 6.93. The largest absolute Gasteiger partial charge is 0.122 e. The maximum Gasteiger partial charge on any atom is 0.0474 e. The number of alkyl halides is 1. The zero-order chi connectivity index (χ0) is 9.26. The van der Waals surface area contributed by atoms with Gasteiger partial charge >= 0.3 is 0 Å². The minimum Gasteiger partial charge on any atom is -0.122 e. The molecule has 13 heavy (non-hydrogen) atoms. The SMILES string of the molecule is ClCc1ccc2cc(Br)ccc2c1. The summed E-state index contributed by atoms with van der Waals surface area (Å²) in [6, 6.07) is 12.5. The third-order valence-corrected chi connectivity index (χ3v) is 2.82. The van der Waals surface area contributed by atoms with Gasteiger partial charge in [-0.2, -0.15) is 0 Å². The predicted molar refractivity (Wildman–Crippen MR) is 61.2 cm³/mol. The van der Waals surface area contributed by atoms with E-state index in [2.05, 4.69) is 46.3 Å². The Morgan fingerprint density at radius 3 is 2.46 bits per heavy atom. The standard InChI is InChI=1S/C11H8BrCl/c12-11-4-3-9-5-8(7-13)1-2-10(9)6-11/h1-6H,7H2. The van der Waals surface area contributed by atoms with Crippen LogP contribution in [-0.2, 0) is 5.88 Å². The van der Waals surface area contributed by atoms with E-state index >= 15 is 0 Å². The van der Waals surface area contributed by atoms with E-state index in [4.69, 9.17) is 11.6 Å². The van der Waals surface area contributed by atoms with Gasteiger partial charge in [0.1, 0.15) is 0 Å². The van der Waals surface area contributed by atoms with Crippen LogP contribution in [0.2, 0.25) is 0 Å². The summed E-state index contributed by atoms with van der Waals surface area (Å²) in [5, 5.41) is 2.48. The molecule has 0 aliphatic rings. The molecule has 0 N–H and O–H groups in total. The first-order chi connectivity index (χ1) is 6.29. The van der Waals surface area contributed by atoms with E-state index in [-0.39, 0.29) is 0 Å². The molecule has 2 aromatic rings. The van der Waals surface area contributed by atoms with Crippen LogP contribution < -0.4 is 0 Å². The fraction of sp³-hybridized carbons (Fsp3) is 0.0909. The molecule has 0 atom stereocenters. The summed E-state index contributed by atoms with van der Waals surface area (Å²) in [7, 11) is 0. The van der Waals surface area contributed by atoms with Crippen molar-refractivity contribution in [2.24, 2.45) is 0 Å². The average Bonchev–Trinajstić information content (AvgIpc) is 2.17. The molecule has 0 bridgehead atoms. The number of benzene rings is 2. The molecule has 0 nitrogen and oxygen atoms in total. The van der Waals surface area contributed by atoms with Crippen molar-refractivity contribution in [1.82, 2.24) is 0 Å². The highest BCUT2D eigenvalue weighted by molar-refractivity contribution is 9.10. The highest BCUT2D eigenvalue weighted by Crippen LogP contribution is 2.21. The molecule has 0 unspecified atom stereocenters. The Bertz CT molecular complexity index is 437. The average molecular weight is 256 g/mol. The molecule has 2 heteroatoms. The van der Waals surface area contributed by atoms with Crippen LogP contribution in [0.1, 0.15) is 5.56 Å². The zero-order valence-corrected chi connectivity index (χ0v) is 9.27. The van der Waals surface area contributed by atoms with Gasteiger partial charge in [-0.15, -0.1) is 11.6 Å². The van der Waals surface area contributed by atoms with Crippen LogP contribution in [0.5, 0.6) is 0 Å². The van der Waals surface area contributed by atoms with Crippen molar-refractivity contribution >= 4 is 38.3 Å². The molecule has 2 aromatic carbocycles. The summed E-state index contributed by atoms with van der Waals surface area (Å²) in [5.74, 6) is 0.575. The van der Waals surface area contributed by atoms with Crippen molar-refractivity contribution in [2.75, 3.05) is 0 Å². The lowest BCUT2D eigenvalue weighted by Crippen LogP contribution is -1.78. The topological polar surface area (TPSA) is 0 Å². The smallest absolute Gasteiger partial charge is 0.0474 e. The molecule has 0 amide bonds. The van der Waals surface area contributed by atoms with Crippen LogP contribution in [0.25, 0.3) is 10.8 Å². The van der Waals surface area contributed by atoms with Crippen molar-refractivity contribution in [3.8, 4) is 0 Å². The van der Waals surface area contributed by atoms with Crippen LogP contribution in [0.3, 0.4) is 0 Å². The quantitative estimate of drug-likeness (QED) is 0.665. The molecule has 0 heterocycles. The molecule has 0 fully saturated rings. The van der Waals surface area contributed by atoms with Crippen LogP contribution in [0.4, 0.5) is 0 Å². The Balaban J connectivity index is 2.66. The lowest BCUT2D eigenvalue weighted by molar-refractivity contribution is 1.43. The van der Waals surface area contributed by atoms with E-state index in [1.54, 1.807) is 0 Å². The lowest BCUT2D eigenvalue weighted by Gasteiger charge is -2.00. The summed E-state index contributed by atoms with van der Waals surface area (Å²) in [6.07, 6.45) is 0. The minimum atomic E-state index is 0.575. The molecule has 0 aliphatic heterocycles. The van der Waals surface area contributed by atoms with E-state index in [9.17, 15) is 0 Å².